The molecular weight excluding hydrogens is 530 g/mol. The molecule has 6 aromatic carbocycles. The van der Waals surface area contributed by atoms with Crippen molar-refractivity contribution in [1.29, 1.82) is 0 Å². The molecule has 0 bridgehead atoms. The number of pyridine rings is 2. The smallest absolute Gasteiger partial charge is 0.262 e. The first-order chi connectivity index (χ1) is 21.1. The quantitative estimate of drug-likeness (QED) is 0.192. The van der Waals surface area contributed by atoms with Crippen LogP contribution in [0.25, 0.3) is 86.9 Å². The second-order valence-electron chi connectivity index (χ2n) is 11.8. The molecule has 0 saturated heterocycles. The predicted octanol–water partition coefficient (Wildman–Crippen LogP) is 8.75. The minimum Gasteiger partial charge on any atom is -0.271 e. The lowest BCUT2D eigenvalue weighted by atomic mass is 9.89. The molecule has 0 aliphatic rings. The van der Waals surface area contributed by atoms with Crippen LogP contribution in [-0.4, -0.2) is 14.5 Å². The molecule has 3 heterocycles. The van der Waals surface area contributed by atoms with Crippen LogP contribution in [0.4, 0.5) is 0 Å². The number of hydrogen-bond acceptors (Lipinski definition) is 4. The van der Waals surface area contributed by atoms with Crippen LogP contribution in [0.5, 0.6) is 0 Å². The molecule has 1 atom stereocenters. The molecule has 206 valence electrons. The van der Waals surface area contributed by atoms with Gasteiger partial charge in [0, 0.05) is 30.8 Å². The van der Waals surface area contributed by atoms with Gasteiger partial charge in [0.15, 0.2) is 0 Å². The molecule has 0 N–H and O–H groups in total. The zero-order valence-corrected chi connectivity index (χ0v) is 23.9. The zero-order valence-electron chi connectivity index (χ0n) is 23.9. The van der Waals surface area contributed by atoms with E-state index in [1.54, 1.807) is 29.4 Å². The molecule has 9 rings (SSSR count). The monoisotopic (exact) mass is 557 g/mol. The fourth-order valence-corrected chi connectivity index (χ4v) is 7.93. The third kappa shape index (κ3) is 3.01. The molecule has 0 radical (unpaired) electrons. The summed E-state index contributed by atoms with van der Waals surface area (Å²) in [5.74, 6) is 0. The van der Waals surface area contributed by atoms with Crippen molar-refractivity contribution < 1.29 is 0 Å². The summed E-state index contributed by atoms with van der Waals surface area (Å²) in [4.78, 5) is 37.5. The standard InChI is InChI=1S/C38H27N3O2/c1-3-5-23(4-2)41-37(42)35-28-18-26(20-10-14-39-15-11-20)24-8-6-22-7-9-25-27(21-12-16-40-17-13-21)19-29(36(35)38(41)43)34-32(25)30(22)31(24)33(28)34/h6-19,23H,3-5H2,1-2H3. The largest absolute Gasteiger partial charge is 0.271 e. The molecule has 0 aliphatic carbocycles. The van der Waals surface area contributed by atoms with Gasteiger partial charge in [-0.05, 0) is 125 Å². The molecular formula is C38H27N3O2. The molecule has 0 aliphatic heterocycles. The van der Waals surface area contributed by atoms with E-state index in [2.05, 4.69) is 60.2 Å². The summed E-state index contributed by atoms with van der Waals surface area (Å²) in [7, 11) is 0. The molecule has 5 nitrogen and oxygen atoms in total. The molecule has 9 aromatic rings. The van der Waals surface area contributed by atoms with Gasteiger partial charge >= 0.3 is 0 Å². The Morgan fingerprint density at radius 2 is 1.05 bits per heavy atom. The third-order valence-corrected chi connectivity index (χ3v) is 9.73. The van der Waals surface area contributed by atoms with Gasteiger partial charge in [0.2, 0.25) is 0 Å². The summed E-state index contributed by atoms with van der Waals surface area (Å²) in [6.45, 7) is 4.17. The summed E-state index contributed by atoms with van der Waals surface area (Å²) >= 11 is 0. The molecule has 0 saturated carbocycles. The molecule has 0 fully saturated rings. The summed E-state index contributed by atoms with van der Waals surface area (Å²) in [5.41, 5.74) is 3.83. The Labute approximate surface area is 246 Å². The lowest BCUT2D eigenvalue weighted by Gasteiger charge is -2.13. The van der Waals surface area contributed by atoms with Crippen LogP contribution in [0.15, 0.2) is 95.0 Å². The van der Waals surface area contributed by atoms with E-state index >= 15 is 0 Å². The Hall–Kier alpha value is -5.16. The van der Waals surface area contributed by atoms with Gasteiger partial charge in [-0.3, -0.25) is 24.1 Å². The average Bonchev–Trinajstić information content (AvgIpc) is 3.55. The van der Waals surface area contributed by atoms with Crippen LogP contribution in [0, 0.1) is 0 Å². The lowest BCUT2D eigenvalue weighted by Crippen LogP contribution is -2.29. The van der Waals surface area contributed by atoms with E-state index in [-0.39, 0.29) is 17.2 Å². The zero-order chi connectivity index (χ0) is 29.0. The number of fused-ring (bicyclic) bond motifs is 3. The number of hydrogen-bond donors (Lipinski definition) is 0. The summed E-state index contributed by atoms with van der Waals surface area (Å²) < 4.78 is 1.56. The first-order valence-electron chi connectivity index (χ1n) is 15.1. The topological polar surface area (TPSA) is 64.8 Å². The van der Waals surface area contributed by atoms with Crippen molar-refractivity contribution in [1.82, 2.24) is 14.5 Å². The average molecular weight is 558 g/mol. The SMILES string of the molecule is CCCC(CC)n1c(=O)c2c3cc(-c4ccncc4)c4ccc5ccc6c(-c7ccncc7)cc(c2c1=O)c1c6c5c4c31. The molecule has 3 aromatic heterocycles. The number of aromatic nitrogens is 3. The fourth-order valence-electron chi connectivity index (χ4n) is 7.93. The third-order valence-electron chi connectivity index (χ3n) is 9.73. The highest BCUT2D eigenvalue weighted by Crippen LogP contribution is 2.53. The van der Waals surface area contributed by atoms with Gasteiger partial charge in [-0.25, -0.2) is 0 Å². The molecule has 1 unspecified atom stereocenters. The van der Waals surface area contributed by atoms with E-state index < -0.39 is 0 Å². The maximum atomic E-state index is 14.5. The van der Waals surface area contributed by atoms with Crippen molar-refractivity contribution in [3.63, 3.8) is 0 Å². The summed E-state index contributed by atoms with van der Waals surface area (Å²) in [5, 5.41) is 12.0. The summed E-state index contributed by atoms with van der Waals surface area (Å²) in [6, 6.07) is 21.1. The maximum Gasteiger partial charge on any atom is 0.262 e. The van der Waals surface area contributed by atoms with Gasteiger partial charge in [0.1, 0.15) is 0 Å². The molecule has 5 heteroatoms. The van der Waals surface area contributed by atoms with Gasteiger partial charge in [-0.1, -0.05) is 44.5 Å². The van der Waals surface area contributed by atoms with Crippen LogP contribution in [0.1, 0.15) is 39.2 Å². The van der Waals surface area contributed by atoms with E-state index in [9.17, 15) is 9.59 Å². The van der Waals surface area contributed by atoms with Gasteiger partial charge in [0.05, 0.1) is 10.8 Å². The van der Waals surface area contributed by atoms with Crippen LogP contribution >= 0.6 is 0 Å². The van der Waals surface area contributed by atoms with E-state index in [4.69, 9.17) is 0 Å². The molecule has 0 spiro atoms. The van der Waals surface area contributed by atoms with Crippen molar-refractivity contribution >= 4 is 64.6 Å². The van der Waals surface area contributed by atoms with Gasteiger partial charge in [-0.15, -0.1) is 0 Å². The lowest BCUT2D eigenvalue weighted by molar-refractivity contribution is 0.433. The van der Waals surface area contributed by atoms with E-state index in [1.165, 1.54) is 16.2 Å². The minimum atomic E-state index is -0.170. The Balaban J connectivity index is 1.61. The van der Waals surface area contributed by atoms with E-state index in [0.29, 0.717) is 10.8 Å². The number of rotatable bonds is 6. The molecule has 43 heavy (non-hydrogen) atoms. The van der Waals surface area contributed by atoms with Crippen molar-refractivity contribution in [2.45, 2.75) is 39.2 Å². The Morgan fingerprint density at radius 1 is 0.581 bits per heavy atom. The molecule has 0 amide bonds. The van der Waals surface area contributed by atoms with Gasteiger partial charge in [0.25, 0.3) is 11.1 Å². The Morgan fingerprint density at radius 3 is 1.49 bits per heavy atom. The van der Waals surface area contributed by atoms with Crippen LogP contribution in [0.3, 0.4) is 0 Å². The Kier molecular flexibility index (Phi) is 4.93. The van der Waals surface area contributed by atoms with Crippen LogP contribution in [0.2, 0.25) is 0 Å². The van der Waals surface area contributed by atoms with Crippen molar-refractivity contribution in [2.24, 2.45) is 0 Å². The van der Waals surface area contributed by atoms with Crippen LogP contribution in [-0.2, 0) is 0 Å². The van der Waals surface area contributed by atoms with E-state index in [0.717, 1.165) is 79.2 Å². The fraction of sp³-hybridized carbons (Fsp3) is 0.158. The minimum absolute atomic E-state index is 0.132. The van der Waals surface area contributed by atoms with Gasteiger partial charge in [-0.2, -0.15) is 0 Å². The second-order valence-corrected chi connectivity index (χ2v) is 11.8. The van der Waals surface area contributed by atoms with Gasteiger partial charge < -0.3 is 0 Å². The summed E-state index contributed by atoms with van der Waals surface area (Å²) in [6.07, 6.45) is 9.65. The Bertz CT molecular complexity index is 2420. The highest BCUT2D eigenvalue weighted by molar-refractivity contribution is 6.49. The first-order valence-corrected chi connectivity index (χ1v) is 15.1. The number of benzene rings is 5. The second kappa shape index (κ2) is 8.68. The van der Waals surface area contributed by atoms with Crippen molar-refractivity contribution in [2.75, 3.05) is 0 Å². The normalized spacial score (nSPS) is 13.3. The highest BCUT2D eigenvalue weighted by atomic mass is 16.2. The first kappa shape index (κ1) is 24.4. The highest BCUT2D eigenvalue weighted by Gasteiger charge is 2.30. The number of nitrogens with zero attached hydrogens (tertiary/aromatic N) is 3. The van der Waals surface area contributed by atoms with Crippen molar-refractivity contribution in [3.8, 4) is 22.3 Å². The van der Waals surface area contributed by atoms with Crippen molar-refractivity contribution in [3.05, 3.63) is 106 Å². The van der Waals surface area contributed by atoms with Crippen LogP contribution < -0.4 is 11.1 Å². The maximum absolute atomic E-state index is 14.5. The predicted molar refractivity (Wildman–Crippen MR) is 177 cm³/mol. The van der Waals surface area contributed by atoms with E-state index in [1.807, 2.05) is 24.3 Å².